The Bertz CT molecular complexity index is 371. The van der Waals surface area contributed by atoms with Crippen LogP contribution in [0.25, 0.3) is 0 Å². The first-order chi connectivity index (χ1) is 10.3. The van der Waals surface area contributed by atoms with Crippen molar-refractivity contribution in [2.45, 2.75) is 32.0 Å². The number of hydrogen-bond acceptors (Lipinski definition) is 4. The molecule has 0 spiro atoms. The number of amides is 2. The number of nitrogens with one attached hydrogen (secondary N) is 3. The van der Waals surface area contributed by atoms with Crippen LogP contribution in [0.15, 0.2) is 0 Å². The van der Waals surface area contributed by atoms with Crippen LogP contribution in [0.4, 0.5) is 13.2 Å². The van der Waals surface area contributed by atoms with Gasteiger partial charge in [0.25, 0.3) is 0 Å². The van der Waals surface area contributed by atoms with E-state index in [-0.39, 0.29) is 25.5 Å². The predicted octanol–water partition coefficient (Wildman–Crippen LogP) is -0.145. The number of alkyl halides is 3. The molecule has 1 heterocycles. The molecule has 0 bridgehead atoms. The first-order valence-corrected chi connectivity index (χ1v) is 7.39. The number of rotatable bonds is 7. The zero-order valence-electron chi connectivity index (χ0n) is 12.6. The van der Waals surface area contributed by atoms with Gasteiger partial charge in [0.2, 0.25) is 11.8 Å². The Hall–Kier alpha value is -1.35. The monoisotopic (exact) mass is 324 g/mol. The van der Waals surface area contributed by atoms with Crippen LogP contribution in [0, 0.1) is 0 Å². The second-order valence-corrected chi connectivity index (χ2v) is 5.17. The Morgan fingerprint density at radius 2 is 1.82 bits per heavy atom. The van der Waals surface area contributed by atoms with Crippen molar-refractivity contribution in [2.24, 2.45) is 0 Å². The van der Waals surface area contributed by atoms with Gasteiger partial charge >= 0.3 is 6.18 Å². The highest BCUT2D eigenvalue weighted by atomic mass is 19.4. The Labute approximate surface area is 127 Å². The van der Waals surface area contributed by atoms with Gasteiger partial charge in [-0.05, 0) is 6.42 Å². The lowest BCUT2D eigenvalue weighted by Gasteiger charge is -2.35. The first-order valence-electron chi connectivity index (χ1n) is 7.39. The molecule has 1 atom stereocenters. The molecule has 1 fully saturated rings. The van der Waals surface area contributed by atoms with E-state index in [4.69, 9.17) is 0 Å². The Kier molecular flexibility index (Phi) is 7.60. The van der Waals surface area contributed by atoms with Crippen molar-refractivity contribution in [3.05, 3.63) is 0 Å². The van der Waals surface area contributed by atoms with Crippen molar-refractivity contribution in [1.29, 1.82) is 0 Å². The average Bonchev–Trinajstić information content (AvgIpc) is 2.45. The minimum atomic E-state index is -4.41. The lowest BCUT2D eigenvalue weighted by Crippen LogP contribution is -2.58. The summed E-state index contributed by atoms with van der Waals surface area (Å²) in [6.45, 7) is 2.57. The van der Waals surface area contributed by atoms with E-state index < -0.39 is 24.7 Å². The molecule has 1 rings (SSSR count). The first kappa shape index (κ1) is 18.7. The molecule has 3 N–H and O–H groups in total. The van der Waals surface area contributed by atoms with Crippen LogP contribution in [-0.2, 0) is 9.59 Å². The van der Waals surface area contributed by atoms with Gasteiger partial charge in [-0.2, -0.15) is 13.2 Å². The molecular weight excluding hydrogens is 301 g/mol. The zero-order valence-corrected chi connectivity index (χ0v) is 12.6. The van der Waals surface area contributed by atoms with Gasteiger partial charge in [0.05, 0.1) is 6.54 Å². The van der Waals surface area contributed by atoms with E-state index in [0.29, 0.717) is 25.9 Å². The van der Waals surface area contributed by atoms with E-state index in [2.05, 4.69) is 16.0 Å². The lowest BCUT2D eigenvalue weighted by atomic mass is 10.2. The molecular formula is C13H23F3N4O2. The molecule has 0 aromatic heterocycles. The molecule has 1 aliphatic rings. The fraction of sp³-hybridized carbons (Fsp3) is 0.846. The smallest absolute Gasteiger partial charge is 0.353 e. The summed E-state index contributed by atoms with van der Waals surface area (Å²) in [5.41, 5.74) is 0. The van der Waals surface area contributed by atoms with E-state index in [1.54, 1.807) is 0 Å². The van der Waals surface area contributed by atoms with Gasteiger partial charge in [-0.15, -0.1) is 0 Å². The maximum atomic E-state index is 13.1. The third kappa shape index (κ3) is 6.61. The zero-order chi connectivity index (χ0) is 16.6. The van der Waals surface area contributed by atoms with E-state index in [0.717, 1.165) is 0 Å². The largest absolute Gasteiger partial charge is 0.405 e. The van der Waals surface area contributed by atoms with Crippen molar-refractivity contribution in [1.82, 2.24) is 20.9 Å². The third-order valence-corrected chi connectivity index (χ3v) is 3.39. The number of nitrogens with zero attached hydrogens (tertiary/aromatic N) is 1. The second kappa shape index (κ2) is 8.94. The molecule has 1 aliphatic heterocycles. The van der Waals surface area contributed by atoms with Crippen LogP contribution >= 0.6 is 0 Å². The molecule has 1 saturated heterocycles. The highest BCUT2D eigenvalue weighted by molar-refractivity contribution is 5.84. The molecule has 0 radical (unpaired) electrons. The number of carbonyl (C=O) groups excluding carboxylic acids is 2. The SMILES string of the molecule is CCCC(=O)NCC(=O)NCC(N1CCNCC1)C(F)(F)F. The molecule has 6 nitrogen and oxygen atoms in total. The van der Waals surface area contributed by atoms with Crippen LogP contribution in [0.2, 0.25) is 0 Å². The summed E-state index contributed by atoms with van der Waals surface area (Å²) >= 11 is 0. The van der Waals surface area contributed by atoms with Crippen molar-refractivity contribution >= 4 is 11.8 Å². The van der Waals surface area contributed by atoms with Crippen LogP contribution in [0.5, 0.6) is 0 Å². The molecule has 9 heteroatoms. The standard InChI is InChI=1S/C13H23F3N4O2/c1-2-3-11(21)19-9-12(22)18-8-10(13(14,15)16)20-6-4-17-5-7-20/h10,17H,2-9H2,1H3,(H,18,22)(H,19,21). The predicted molar refractivity (Wildman–Crippen MR) is 75.2 cm³/mol. The normalized spacial score (nSPS) is 17.8. The van der Waals surface area contributed by atoms with Crippen LogP contribution in [0.1, 0.15) is 19.8 Å². The summed E-state index contributed by atoms with van der Waals surface area (Å²) in [4.78, 5) is 24.1. The van der Waals surface area contributed by atoms with Crippen molar-refractivity contribution in [2.75, 3.05) is 39.3 Å². The van der Waals surface area contributed by atoms with Gasteiger partial charge in [0.15, 0.2) is 0 Å². The molecule has 0 aliphatic carbocycles. The van der Waals surface area contributed by atoms with Gasteiger partial charge < -0.3 is 16.0 Å². The summed E-state index contributed by atoms with van der Waals surface area (Å²) in [6, 6.07) is -1.70. The van der Waals surface area contributed by atoms with Gasteiger partial charge in [0, 0.05) is 39.1 Å². The van der Waals surface area contributed by atoms with Crippen LogP contribution < -0.4 is 16.0 Å². The fourth-order valence-corrected chi connectivity index (χ4v) is 2.21. The Morgan fingerprint density at radius 3 is 2.36 bits per heavy atom. The number of halogens is 3. The van der Waals surface area contributed by atoms with Gasteiger partial charge in [-0.1, -0.05) is 6.92 Å². The molecule has 0 aromatic rings. The van der Waals surface area contributed by atoms with Gasteiger partial charge in [-0.3, -0.25) is 14.5 Å². The highest BCUT2D eigenvalue weighted by Crippen LogP contribution is 2.24. The summed E-state index contributed by atoms with van der Waals surface area (Å²) in [5, 5.41) is 7.60. The molecule has 2 amide bonds. The van der Waals surface area contributed by atoms with E-state index in [1.165, 1.54) is 4.90 Å². The Morgan fingerprint density at radius 1 is 1.18 bits per heavy atom. The summed E-state index contributed by atoms with van der Waals surface area (Å²) in [7, 11) is 0. The lowest BCUT2D eigenvalue weighted by molar-refractivity contribution is -0.184. The average molecular weight is 324 g/mol. The maximum Gasteiger partial charge on any atom is 0.405 e. The number of hydrogen-bond donors (Lipinski definition) is 3. The minimum absolute atomic E-state index is 0.285. The molecule has 128 valence electrons. The molecule has 22 heavy (non-hydrogen) atoms. The quantitative estimate of drug-likeness (QED) is 0.609. The molecule has 0 aromatic carbocycles. The van der Waals surface area contributed by atoms with Crippen molar-refractivity contribution < 1.29 is 22.8 Å². The summed E-state index contributed by atoms with van der Waals surface area (Å²) < 4.78 is 39.3. The van der Waals surface area contributed by atoms with E-state index in [1.807, 2.05) is 6.92 Å². The number of piperazine rings is 1. The summed E-state index contributed by atoms with van der Waals surface area (Å²) in [5.74, 6) is -0.902. The fourth-order valence-electron chi connectivity index (χ4n) is 2.21. The van der Waals surface area contributed by atoms with Crippen molar-refractivity contribution in [3.8, 4) is 0 Å². The highest BCUT2D eigenvalue weighted by Gasteiger charge is 2.43. The Balaban J connectivity index is 2.42. The maximum absolute atomic E-state index is 13.1. The van der Waals surface area contributed by atoms with E-state index in [9.17, 15) is 22.8 Å². The number of carbonyl (C=O) groups is 2. The molecule has 1 unspecified atom stereocenters. The van der Waals surface area contributed by atoms with E-state index >= 15 is 0 Å². The second-order valence-electron chi connectivity index (χ2n) is 5.17. The third-order valence-electron chi connectivity index (χ3n) is 3.39. The minimum Gasteiger partial charge on any atom is -0.353 e. The molecule has 0 saturated carbocycles. The van der Waals surface area contributed by atoms with Crippen LogP contribution in [-0.4, -0.2) is 68.2 Å². The summed E-state index contributed by atoms with van der Waals surface area (Å²) in [6.07, 6.45) is -3.47. The van der Waals surface area contributed by atoms with Crippen LogP contribution in [0.3, 0.4) is 0 Å². The van der Waals surface area contributed by atoms with Gasteiger partial charge in [-0.25, -0.2) is 0 Å². The van der Waals surface area contributed by atoms with Crippen molar-refractivity contribution in [3.63, 3.8) is 0 Å². The topological polar surface area (TPSA) is 73.5 Å². The van der Waals surface area contributed by atoms with Gasteiger partial charge in [0.1, 0.15) is 6.04 Å².